The van der Waals surface area contributed by atoms with Crippen molar-refractivity contribution >= 4 is 0 Å². The van der Waals surface area contributed by atoms with Crippen LogP contribution in [0.2, 0.25) is 0 Å². The van der Waals surface area contributed by atoms with E-state index in [-0.39, 0.29) is 93.8 Å². The summed E-state index contributed by atoms with van der Waals surface area (Å²) < 4.78 is 0. The van der Waals surface area contributed by atoms with E-state index in [2.05, 4.69) is 76.2 Å². The van der Waals surface area contributed by atoms with Gasteiger partial charge in [-0.15, -0.1) is 0 Å². The second-order valence-corrected chi connectivity index (χ2v) is 9.42. The third-order valence-electron chi connectivity index (χ3n) is 5.51. The van der Waals surface area contributed by atoms with Crippen LogP contribution in [0.15, 0.2) is 158 Å². The maximum absolute atomic E-state index is 8.58. The SMILES string of the molecule is C[c-]1[cH-][cH-][cH-][cH-]1.C[c-]1cccc1.C[c-]1cccc1.C[c-]1cccc1.OC(O)c1ccccc1.OC(O)c1ccccc1.[Yb].[Yb]. The number of hydrogen-bond acceptors (Lipinski definition) is 4. The largest absolute Gasteiger partial charge is 0.748 e. The van der Waals surface area contributed by atoms with Gasteiger partial charge in [-0.1, -0.05) is 81.4 Å². The van der Waals surface area contributed by atoms with E-state index >= 15 is 0 Å². The van der Waals surface area contributed by atoms with Gasteiger partial charge in [0, 0.05) is 105 Å². The fourth-order valence-corrected chi connectivity index (χ4v) is 3.13. The van der Waals surface area contributed by atoms with Crippen molar-refractivity contribution in [2.24, 2.45) is 0 Å². The van der Waals surface area contributed by atoms with Crippen molar-refractivity contribution in [1.29, 1.82) is 0 Å². The molecule has 0 aliphatic carbocycles. The van der Waals surface area contributed by atoms with Gasteiger partial charge in [-0.2, -0.15) is 53.1 Å². The Bertz CT molecular complexity index is 1150. The summed E-state index contributed by atoms with van der Waals surface area (Å²) in [5, 5.41) is 34.3. The molecule has 0 spiro atoms. The molecule has 6 rings (SSSR count). The van der Waals surface area contributed by atoms with Gasteiger partial charge in [-0.05, 0) is 0 Å². The van der Waals surface area contributed by atoms with Gasteiger partial charge in [-0.3, -0.25) is 0 Å². The Labute approximate surface area is 341 Å². The summed E-state index contributed by atoms with van der Waals surface area (Å²) in [6.45, 7) is 8.33. The van der Waals surface area contributed by atoms with E-state index in [9.17, 15) is 0 Å². The minimum atomic E-state index is -1.34. The number of aliphatic hydroxyl groups is 4. The van der Waals surface area contributed by atoms with E-state index in [1.54, 1.807) is 48.5 Å². The first-order valence-electron chi connectivity index (χ1n) is 13.7. The van der Waals surface area contributed by atoms with Crippen LogP contribution in [0.25, 0.3) is 0 Å². The molecule has 6 heteroatoms. The molecule has 0 unspecified atom stereocenters. The maximum atomic E-state index is 8.58. The third kappa shape index (κ3) is 25.0. The second-order valence-electron chi connectivity index (χ2n) is 9.42. The quantitative estimate of drug-likeness (QED) is 0.104. The first-order valence-corrected chi connectivity index (χ1v) is 13.7. The van der Waals surface area contributed by atoms with Crippen LogP contribution in [0.4, 0.5) is 0 Å². The molecule has 0 radical (unpaired) electrons. The van der Waals surface area contributed by atoms with Crippen LogP contribution >= 0.6 is 0 Å². The van der Waals surface area contributed by atoms with Gasteiger partial charge in [0.1, 0.15) is 0 Å². The molecule has 0 aliphatic rings. The van der Waals surface area contributed by atoms with Crippen LogP contribution in [0, 0.1) is 122 Å². The zero-order valence-electron chi connectivity index (χ0n) is 25.5. The average Bonchev–Trinajstić information content (AvgIpc) is 3.84. The predicted octanol–water partition coefficient (Wildman–Crippen LogP) is 8.20. The Morgan fingerprint density at radius 1 is 0.432 bits per heavy atom. The Hall–Kier alpha value is -1.28. The minimum Gasteiger partial charge on any atom is -0.748 e. The molecule has 0 heterocycles. The summed E-state index contributed by atoms with van der Waals surface area (Å²) in [5.74, 6) is 0. The Balaban J connectivity index is 0. The average molecular weight is 911 g/mol. The molecular weight excluding hydrogens is 866 g/mol. The summed E-state index contributed by atoms with van der Waals surface area (Å²) in [6.07, 6.45) is -2.68. The minimum absolute atomic E-state index is 0. The first kappa shape index (κ1) is 44.8. The fraction of sp³-hybridized carbons (Fsp3) is 0.158. The molecule has 0 bridgehead atoms. The smallest absolute Gasteiger partial charge is 0.178 e. The van der Waals surface area contributed by atoms with Crippen LogP contribution in [0.5, 0.6) is 0 Å². The maximum Gasteiger partial charge on any atom is 0.178 e. The fourth-order valence-electron chi connectivity index (χ4n) is 3.13. The Morgan fingerprint density at radius 3 is 0.795 bits per heavy atom. The van der Waals surface area contributed by atoms with Crippen molar-refractivity contribution in [1.82, 2.24) is 0 Å². The molecule has 256 valence electrons. The molecular formula is C38H44O4Yb2-8. The normalized spacial score (nSPS) is 8.95. The van der Waals surface area contributed by atoms with Crippen molar-refractivity contribution in [3.63, 3.8) is 0 Å². The predicted molar refractivity (Wildman–Crippen MR) is 174 cm³/mol. The molecule has 6 aromatic carbocycles. The van der Waals surface area contributed by atoms with Crippen molar-refractivity contribution in [2.75, 3.05) is 0 Å². The van der Waals surface area contributed by atoms with E-state index < -0.39 is 12.6 Å². The number of rotatable bonds is 2. The Kier molecular flexibility index (Phi) is 29.7. The second kappa shape index (κ2) is 29.1. The van der Waals surface area contributed by atoms with Crippen molar-refractivity contribution in [3.8, 4) is 0 Å². The summed E-state index contributed by atoms with van der Waals surface area (Å²) in [6, 6.07) is 50.3. The van der Waals surface area contributed by atoms with Crippen LogP contribution < -0.4 is 0 Å². The van der Waals surface area contributed by atoms with Crippen LogP contribution in [0.3, 0.4) is 0 Å². The topological polar surface area (TPSA) is 80.9 Å². The zero-order valence-corrected chi connectivity index (χ0v) is 28.9. The molecule has 4 N–H and O–H groups in total. The van der Waals surface area contributed by atoms with Crippen LogP contribution in [-0.2, 0) is 0 Å². The van der Waals surface area contributed by atoms with E-state index in [0.29, 0.717) is 11.1 Å². The first-order chi connectivity index (χ1) is 20.2. The molecule has 0 saturated heterocycles. The number of aryl methyl sites for hydroxylation is 4. The monoisotopic (exact) mass is 912 g/mol. The van der Waals surface area contributed by atoms with E-state index in [4.69, 9.17) is 20.4 Å². The van der Waals surface area contributed by atoms with Crippen molar-refractivity contribution in [2.45, 2.75) is 40.3 Å². The number of hydrogen-bond donors (Lipinski definition) is 4. The van der Waals surface area contributed by atoms with Crippen LogP contribution in [0.1, 0.15) is 46.0 Å². The molecule has 0 aliphatic heterocycles. The molecule has 4 nitrogen and oxygen atoms in total. The summed E-state index contributed by atoms with van der Waals surface area (Å²) in [4.78, 5) is 0. The molecule has 6 aromatic rings. The van der Waals surface area contributed by atoms with E-state index in [1.165, 1.54) is 22.3 Å². The zero-order chi connectivity index (χ0) is 31.0. The van der Waals surface area contributed by atoms with Gasteiger partial charge in [-0.25, -0.2) is 43.3 Å². The van der Waals surface area contributed by atoms with Gasteiger partial charge in [0.05, 0.1) is 0 Å². The molecule has 44 heavy (non-hydrogen) atoms. The molecule has 0 aromatic heterocycles. The van der Waals surface area contributed by atoms with Gasteiger partial charge in [0.15, 0.2) is 12.6 Å². The van der Waals surface area contributed by atoms with Crippen LogP contribution in [-0.4, -0.2) is 20.4 Å². The van der Waals surface area contributed by atoms with Crippen molar-refractivity contribution in [3.05, 3.63) is 191 Å². The standard InChI is InChI=1S/2C7H8O2.4C6H7.2Yb/c2*8-7(9)6-4-2-1-3-5-6;4*1-6-4-2-3-5-6;;/h2*1-5,7-9H;4*2-5H,1H3;;/q;;-5;3*-1;;. The van der Waals surface area contributed by atoms with E-state index in [1.807, 2.05) is 60.7 Å². The number of benzene rings is 2. The van der Waals surface area contributed by atoms with Gasteiger partial charge in [0.25, 0.3) is 0 Å². The molecule has 0 fully saturated rings. The third-order valence-corrected chi connectivity index (χ3v) is 5.51. The van der Waals surface area contributed by atoms with Crippen molar-refractivity contribution < 1.29 is 114 Å². The van der Waals surface area contributed by atoms with Gasteiger partial charge in [0.2, 0.25) is 0 Å². The van der Waals surface area contributed by atoms with Gasteiger partial charge < -0.3 is 50.3 Å². The molecule has 0 saturated carbocycles. The summed E-state index contributed by atoms with van der Waals surface area (Å²) >= 11 is 0. The molecule has 0 atom stereocenters. The Morgan fingerprint density at radius 2 is 0.682 bits per heavy atom. The number of aliphatic hydroxyl groups excluding tert-OH is 2. The van der Waals surface area contributed by atoms with Gasteiger partial charge >= 0.3 is 0 Å². The molecule has 0 amide bonds. The summed E-state index contributed by atoms with van der Waals surface area (Å²) in [7, 11) is 0. The summed E-state index contributed by atoms with van der Waals surface area (Å²) in [5.41, 5.74) is 6.42. The van der Waals surface area contributed by atoms with E-state index in [0.717, 1.165) is 0 Å².